The van der Waals surface area contributed by atoms with Crippen molar-refractivity contribution < 1.29 is 0 Å². The molecule has 0 aliphatic rings. The van der Waals surface area contributed by atoms with Gasteiger partial charge in [-0.2, -0.15) is 28.8 Å². The molecule has 45 heavy (non-hydrogen) atoms. The van der Waals surface area contributed by atoms with E-state index < -0.39 is 0 Å². The van der Waals surface area contributed by atoms with Gasteiger partial charge in [-0.15, -0.1) is 0 Å². The van der Waals surface area contributed by atoms with Gasteiger partial charge in [0.05, 0.1) is 24.2 Å². The minimum atomic E-state index is 0.501. The van der Waals surface area contributed by atoms with Gasteiger partial charge in [0, 0.05) is 22.3 Å². The summed E-state index contributed by atoms with van der Waals surface area (Å²) in [6.07, 6.45) is 5.57. The highest BCUT2D eigenvalue weighted by Crippen LogP contribution is 2.34. The molecule has 0 unspecified atom stereocenters. The number of fused-ring (bicyclic) bond motifs is 6. The SMILES string of the molecule is c1ccc(-c2nc(-c3ccccc3)nc(-c3cnn4c5c(-c6ccccc6)cnn5c5c(-c6ccccc6)cnn5c34)n2)cc1. The molecule has 0 spiro atoms. The van der Waals surface area contributed by atoms with Crippen molar-refractivity contribution in [3.8, 4) is 56.4 Å². The normalized spacial score (nSPS) is 11.6. The molecule has 0 N–H and O–H groups in total. The molecule has 0 amide bonds. The second-order valence-electron chi connectivity index (χ2n) is 10.7. The Kier molecular flexibility index (Phi) is 5.60. The molecule has 0 saturated heterocycles. The smallest absolute Gasteiger partial charge is 0.172 e. The average molecular weight is 582 g/mol. The van der Waals surface area contributed by atoms with Crippen molar-refractivity contribution in [2.45, 2.75) is 0 Å². The zero-order valence-electron chi connectivity index (χ0n) is 23.8. The second-order valence-corrected chi connectivity index (χ2v) is 10.7. The van der Waals surface area contributed by atoms with Crippen molar-refractivity contribution in [2.75, 3.05) is 0 Å². The standard InChI is InChI=1S/C36H23N9/c1-5-13-24(14-6-1)28-21-37-43-34-29(25-15-7-2-8-16-25)22-38-44(34)36-30(23-39-45(36)35(28)43)33-41-31(26-17-9-3-10-18-26)40-32(42-33)27-19-11-4-12-20-27/h1-23H. The molecular weight excluding hydrogens is 558 g/mol. The van der Waals surface area contributed by atoms with Gasteiger partial charge in [0.25, 0.3) is 0 Å². The predicted octanol–water partition coefficient (Wildman–Crippen LogP) is 7.15. The van der Waals surface area contributed by atoms with Gasteiger partial charge in [0.2, 0.25) is 0 Å². The lowest BCUT2D eigenvalue weighted by molar-refractivity contribution is 0.828. The zero-order chi connectivity index (χ0) is 29.7. The molecule has 5 heterocycles. The van der Waals surface area contributed by atoms with Crippen LogP contribution in [0.25, 0.3) is 73.4 Å². The molecule has 0 saturated carbocycles. The summed E-state index contributed by atoms with van der Waals surface area (Å²) in [5.41, 5.74) is 8.84. The van der Waals surface area contributed by atoms with E-state index in [1.54, 1.807) is 6.20 Å². The Morgan fingerprint density at radius 3 is 1.02 bits per heavy atom. The van der Waals surface area contributed by atoms with E-state index in [0.29, 0.717) is 17.5 Å². The Morgan fingerprint density at radius 2 is 0.622 bits per heavy atom. The maximum absolute atomic E-state index is 5.00. The van der Waals surface area contributed by atoms with Gasteiger partial charge in [-0.25, -0.2) is 15.0 Å². The summed E-state index contributed by atoms with van der Waals surface area (Å²) in [6, 6.07) is 40.3. The quantitative estimate of drug-likeness (QED) is 0.214. The van der Waals surface area contributed by atoms with Gasteiger partial charge >= 0.3 is 0 Å². The Morgan fingerprint density at radius 1 is 0.311 bits per heavy atom. The lowest BCUT2D eigenvalue weighted by Crippen LogP contribution is -2.07. The molecule has 0 atom stereocenters. The van der Waals surface area contributed by atoms with Crippen LogP contribution in [0, 0.1) is 0 Å². The fourth-order valence-electron chi connectivity index (χ4n) is 5.83. The maximum atomic E-state index is 5.00. The van der Waals surface area contributed by atoms with Gasteiger partial charge in [0.1, 0.15) is 0 Å². The Hall–Kier alpha value is -6.48. The zero-order valence-corrected chi connectivity index (χ0v) is 23.8. The van der Waals surface area contributed by atoms with Crippen molar-refractivity contribution in [2.24, 2.45) is 0 Å². The third kappa shape index (κ3) is 4.02. The van der Waals surface area contributed by atoms with E-state index in [2.05, 4.69) is 24.3 Å². The molecule has 0 radical (unpaired) electrons. The van der Waals surface area contributed by atoms with Crippen LogP contribution in [0.5, 0.6) is 0 Å². The number of nitrogens with zero attached hydrogens (tertiary/aromatic N) is 9. The molecule has 9 aromatic rings. The Labute approximate surface area is 256 Å². The first-order valence-corrected chi connectivity index (χ1v) is 14.6. The number of hydrogen-bond donors (Lipinski definition) is 0. The lowest BCUT2D eigenvalue weighted by Gasteiger charge is -2.10. The van der Waals surface area contributed by atoms with E-state index in [-0.39, 0.29) is 0 Å². The summed E-state index contributed by atoms with van der Waals surface area (Å²) in [4.78, 5) is 14.9. The first-order chi connectivity index (χ1) is 22.3. The van der Waals surface area contributed by atoms with Gasteiger partial charge in [0.15, 0.2) is 34.4 Å². The van der Waals surface area contributed by atoms with E-state index in [1.165, 1.54) is 0 Å². The molecule has 212 valence electrons. The first kappa shape index (κ1) is 25.1. The highest BCUT2D eigenvalue weighted by molar-refractivity contribution is 5.88. The van der Waals surface area contributed by atoms with E-state index in [9.17, 15) is 0 Å². The summed E-state index contributed by atoms with van der Waals surface area (Å²) in [5.74, 6) is 1.66. The molecule has 4 aromatic carbocycles. The van der Waals surface area contributed by atoms with Crippen molar-refractivity contribution >= 4 is 16.9 Å². The fraction of sp³-hybridized carbons (Fsp3) is 0. The highest BCUT2D eigenvalue weighted by atomic mass is 15.4. The van der Waals surface area contributed by atoms with Crippen LogP contribution in [0.4, 0.5) is 0 Å². The lowest BCUT2D eigenvalue weighted by atomic mass is 10.1. The fourth-order valence-corrected chi connectivity index (χ4v) is 5.83. The van der Waals surface area contributed by atoms with Crippen LogP contribution in [-0.4, -0.2) is 43.8 Å². The highest BCUT2D eigenvalue weighted by Gasteiger charge is 2.24. The summed E-state index contributed by atoms with van der Waals surface area (Å²) < 4.78 is 5.68. The van der Waals surface area contributed by atoms with Crippen molar-refractivity contribution in [3.63, 3.8) is 0 Å². The molecule has 0 fully saturated rings. The molecule has 9 rings (SSSR count). The topological polar surface area (TPSA) is 90.6 Å². The summed E-state index contributed by atoms with van der Waals surface area (Å²) in [6.45, 7) is 0. The van der Waals surface area contributed by atoms with Crippen molar-refractivity contribution in [3.05, 3.63) is 140 Å². The largest absolute Gasteiger partial charge is 0.208 e. The van der Waals surface area contributed by atoms with Crippen LogP contribution in [0.1, 0.15) is 0 Å². The van der Waals surface area contributed by atoms with Gasteiger partial charge < -0.3 is 0 Å². The van der Waals surface area contributed by atoms with Crippen LogP contribution >= 0.6 is 0 Å². The molecule has 9 heteroatoms. The number of hydrogen-bond acceptors (Lipinski definition) is 6. The minimum Gasteiger partial charge on any atom is -0.208 e. The molecule has 9 nitrogen and oxygen atoms in total. The van der Waals surface area contributed by atoms with Crippen LogP contribution in [0.15, 0.2) is 140 Å². The Bertz CT molecular complexity index is 2340. The van der Waals surface area contributed by atoms with E-state index in [4.69, 9.17) is 30.2 Å². The second kappa shape index (κ2) is 10.1. The summed E-state index contributed by atoms with van der Waals surface area (Å²) in [7, 11) is 0. The van der Waals surface area contributed by atoms with Crippen molar-refractivity contribution in [1.82, 2.24) is 43.8 Å². The molecule has 0 aliphatic heterocycles. The van der Waals surface area contributed by atoms with Gasteiger partial charge in [-0.05, 0) is 11.1 Å². The maximum Gasteiger partial charge on any atom is 0.172 e. The number of rotatable bonds is 5. The molecule has 0 bridgehead atoms. The minimum absolute atomic E-state index is 0.501. The first-order valence-electron chi connectivity index (χ1n) is 14.6. The van der Waals surface area contributed by atoms with Gasteiger partial charge in [-0.3, -0.25) is 0 Å². The number of aromatic nitrogens is 9. The van der Waals surface area contributed by atoms with Crippen molar-refractivity contribution in [1.29, 1.82) is 0 Å². The van der Waals surface area contributed by atoms with E-state index in [0.717, 1.165) is 55.9 Å². The van der Waals surface area contributed by atoms with Crippen LogP contribution in [0.2, 0.25) is 0 Å². The van der Waals surface area contributed by atoms with Crippen LogP contribution < -0.4 is 0 Å². The molecule has 0 aliphatic carbocycles. The molecular formula is C36H23N9. The summed E-state index contributed by atoms with van der Waals surface area (Å²) >= 11 is 0. The van der Waals surface area contributed by atoms with Crippen LogP contribution in [-0.2, 0) is 0 Å². The molecule has 5 aromatic heterocycles. The van der Waals surface area contributed by atoms with E-state index >= 15 is 0 Å². The van der Waals surface area contributed by atoms with Gasteiger partial charge in [-0.1, -0.05) is 121 Å². The predicted molar refractivity (Wildman–Crippen MR) is 173 cm³/mol. The average Bonchev–Trinajstić information content (AvgIpc) is 3.87. The van der Waals surface area contributed by atoms with E-state index in [1.807, 2.05) is 123 Å². The van der Waals surface area contributed by atoms with Crippen LogP contribution in [0.3, 0.4) is 0 Å². The monoisotopic (exact) mass is 581 g/mol. The Balaban J connectivity index is 1.39. The summed E-state index contributed by atoms with van der Waals surface area (Å²) in [5, 5.41) is 14.7. The number of benzene rings is 4. The third-order valence-electron chi connectivity index (χ3n) is 7.94. The third-order valence-corrected chi connectivity index (χ3v) is 7.94.